The number of fused-ring (bicyclic) bond motifs is 1. The lowest BCUT2D eigenvalue weighted by Crippen LogP contribution is -2.22. The maximum absolute atomic E-state index is 12.9. The summed E-state index contributed by atoms with van der Waals surface area (Å²) in [5, 5.41) is 7.95. The zero-order valence-corrected chi connectivity index (χ0v) is 15.1. The van der Waals surface area contributed by atoms with Crippen LogP contribution < -0.4 is 5.56 Å². The molecule has 0 radical (unpaired) electrons. The first-order valence-electron chi connectivity index (χ1n) is 7.78. The Labute approximate surface area is 144 Å². The van der Waals surface area contributed by atoms with Gasteiger partial charge in [0.05, 0.1) is 11.9 Å². The molecule has 1 aromatic carbocycles. The van der Waals surface area contributed by atoms with Crippen molar-refractivity contribution >= 4 is 22.8 Å². The molecule has 6 nitrogen and oxygen atoms in total. The van der Waals surface area contributed by atoms with Crippen LogP contribution in [-0.2, 0) is 0 Å². The number of hydrogen-bond acceptors (Lipinski definition) is 5. The number of rotatable bonds is 5. The number of nitrogens with one attached hydrogen (secondary N) is 1. The second-order valence-corrected chi connectivity index (χ2v) is 7.15. The van der Waals surface area contributed by atoms with E-state index in [4.69, 9.17) is 0 Å². The first-order valence-corrected chi connectivity index (χ1v) is 8.77. The van der Waals surface area contributed by atoms with Crippen molar-refractivity contribution in [3.05, 3.63) is 45.9 Å². The van der Waals surface area contributed by atoms with Crippen molar-refractivity contribution in [2.24, 2.45) is 0 Å². The van der Waals surface area contributed by atoms with Crippen LogP contribution in [0.5, 0.6) is 0 Å². The highest BCUT2D eigenvalue weighted by atomic mass is 32.2. The normalized spacial score (nSPS) is 11.5. The lowest BCUT2D eigenvalue weighted by molar-refractivity contribution is 0.437. The fraction of sp³-hybridized carbons (Fsp3) is 0.353. The van der Waals surface area contributed by atoms with Gasteiger partial charge in [-0.05, 0) is 51.2 Å². The van der Waals surface area contributed by atoms with Crippen LogP contribution >= 0.6 is 11.8 Å². The van der Waals surface area contributed by atoms with Crippen LogP contribution in [0.15, 0.2) is 34.3 Å². The summed E-state index contributed by atoms with van der Waals surface area (Å²) in [6.45, 7) is 5.02. The Balaban J connectivity index is 2.13. The highest BCUT2D eigenvalue weighted by Crippen LogP contribution is 2.22. The Morgan fingerprint density at radius 2 is 2.04 bits per heavy atom. The van der Waals surface area contributed by atoms with Crippen LogP contribution in [-0.4, -0.2) is 51.0 Å². The number of H-pyrrole nitrogens is 1. The lowest BCUT2D eigenvalue weighted by atomic mass is 10.1. The molecule has 0 unspecified atom stereocenters. The number of nitrogens with zero attached hydrogens (tertiary/aromatic N) is 4. The van der Waals surface area contributed by atoms with E-state index in [-0.39, 0.29) is 5.56 Å². The molecule has 3 aromatic rings. The minimum Gasteiger partial charge on any atom is -0.309 e. The van der Waals surface area contributed by atoms with E-state index in [2.05, 4.69) is 27.0 Å². The van der Waals surface area contributed by atoms with Gasteiger partial charge in [-0.2, -0.15) is 5.10 Å². The van der Waals surface area contributed by atoms with Crippen molar-refractivity contribution in [2.75, 3.05) is 26.4 Å². The van der Waals surface area contributed by atoms with Crippen LogP contribution in [0, 0.1) is 13.8 Å². The van der Waals surface area contributed by atoms with E-state index in [1.165, 1.54) is 11.8 Å². The monoisotopic (exact) mass is 343 g/mol. The van der Waals surface area contributed by atoms with Gasteiger partial charge in [0.25, 0.3) is 5.56 Å². The molecule has 0 aliphatic rings. The molecule has 0 fully saturated rings. The van der Waals surface area contributed by atoms with Crippen LogP contribution in [0.25, 0.3) is 16.7 Å². The minimum atomic E-state index is -0.0932. The van der Waals surface area contributed by atoms with Crippen molar-refractivity contribution < 1.29 is 0 Å². The van der Waals surface area contributed by atoms with E-state index in [1.54, 1.807) is 16.3 Å². The maximum atomic E-state index is 12.9. The molecule has 7 heteroatoms. The largest absolute Gasteiger partial charge is 0.309 e. The number of thioether (sulfide) groups is 1. The van der Waals surface area contributed by atoms with Gasteiger partial charge in [-0.3, -0.25) is 14.5 Å². The molecule has 0 aliphatic carbocycles. The second kappa shape index (κ2) is 6.78. The third-order valence-corrected chi connectivity index (χ3v) is 4.89. The summed E-state index contributed by atoms with van der Waals surface area (Å²) in [7, 11) is 4.06. The topological polar surface area (TPSA) is 66.8 Å². The Morgan fingerprint density at radius 3 is 2.75 bits per heavy atom. The molecule has 0 atom stereocenters. The number of hydrogen-bond donors (Lipinski definition) is 1. The zero-order chi connectivity index (χ0) is 17.3. The Hall–Kier alpha value is -2.12. The standard InChI is InChI=1S/C17H21N5OS/c1-11-5-6-13(9-12(11)2)22-16(23)14-10-18-20-15(14)19-17(22)24-8-7-21(3)4/h5-6,9-10H,7-8H2,1-4H3,(H,18,20). The molecular weight excluding hydrogens is 322 g/mol. The predicted octanol–water partition coefficient (Wildman–Crippen LogP) is 2.38. The molecule has 126 valence electrons. The maximum Gasteiger partial charge on any atom is 0.269 e. The fourth-order valence-corrected chi connectivity index (χ4v) is 3.50. The molecule has 0 aliphatic heterocycles. The average Bonchev–Trinajstić information content (AvgIpc) is 2.99. The minimum absolute atomic E-state index is 0.0932. The summed E-state index contributed by atoms with van der Waals surface area (Å²) in [5.74, 6) is 0.851. The molecule has 3 rings (SSSR count). The van der Waals surface area contributed by atoms with Crippen molar-refractivity contribution in [3.63, 3.8) is 0 Å². The van der Waals surface area contributed by atoms with Crippen LogP contribution in [0.4, 0.5) is 0 Å². The van der Waals surface area contributed by atoms with E-state index >= 15 is 0 Å². The lowest BCUT2D eigenvalue weighted by Gasteiger charge is -2.14. The van der Waals surface area contributed by atoms with Crippen LogP contribution in [0.1, 0.15) is 11.1 Å². The summed E-state index contributed by atoms with van der Waals surface area (Å²) in [5.41, 5.74) is 3.63. The van der Waals surface area contributed by atoms with E-state index < -0.39 is 0 Å². The van der Waals surface area contributed by atoms with E-state index in [9.17, 15) is 4.79 Å². The van der Waals surface area contributed by atoms with E-state index in [0.717, 1.165) is 23.5 Å². The number of aromatic amines is 1. The quantitative estimate of drug-likeness (QED) is 0.569. The van der Waals surface area contributed by atoms with Gasteiger partial charge in [-0.1, -0.05) is 17.8 Å². The smallest absolute Gasteiger partial charge is 0.269 e. The second-order valence-electron chi connectivity index (χ2n) is 6.09. The number of aryl methyl sites for hydroxylation is 2. The van der Waals surface area contributed by atoms with Crippen molar-refractivity contribution in [1.29, 1.82) is 0 Å². The predicted molar refractivity (Wildman–Crippen MR) is 98.2 cm³/mol. The SMILES string of the molecule is Cc1ccc(-n2c(SCCN(C)C)nc3[nH]ncc3c2=O)cc1C. The van der Waals surface area contributed by atoms with Gasteiger partial charge in [-0.25, -0.2) is 4.98 Å². The molecule has 0 saturated heterocycles. The number of benzene rings is 1. The molecule has 1 N–H and O–H groups in total. The Bertz CT molecular complexity index is 928. The van der Waals surface area contributed by atoms with Gasteiger partial charge in [0.15, 0.2) is 10.8 Å². The van der Waals surface area contributed by atoms with Crippen molar-refractivity contribution in [2.45, 2.75) is 19.0 Å². The molecule has 0 spiro atoms. The number of aromatic nitrogens is 4. The van der Waals surface area contributed by atoms with Gasteiger partial charge in [0.1, 0.15) is 5.39 Å². The first kappa shape index (κ1) is 16.7. The molecule has 2 heterocycles. The average molecular weight is 343 g/mol. The third-order valence-electron chi connectivity index (χ3n) is 3.97. The first-order chi connectivity index (χ1) is 11.5. The molecule has 24 heavy (non-hydrogen) atoms. The Kier molecular flexibility index (Phi) is 4.73. The fourth-order valence-electron chi connectivity index (χ4n) is 2.38. The molecular formula is C17H21N5OS. The van der Waals surface area contributed by atoms with Crippen molar-refractivity contribution in [3.8, 4) is 5.69 Å². The summed E-state index contributed by atoms with van der Waals surface area (Å²) in [4.78, 5) is 19.7. The highest BCUT2D eigenvalue weighted by molar-refractivity contribution is 7.99. The van der Waals surface area contributed by atoms with Gasteiger partial charge in [0.2, 0.25) is 0 Å². The molecule has 0 amide bonds. The van der Waals surface area contributed by atoms with Gasteiger partial charge in [0, 0.05) is 12.3 Å². The van der Waals surface area contributed by atoms with Gasteiger partial charge >= 0.3 is 0 Å². The summed E-state index contributed by atoms with van der Waals surface area (Å²) in [6.07, 6.45) is 1.54. The Morgan fingerprint density at radius 1 is 1.25 bits per heavy atom. The van der Waals surface area contributed by atoms with Crippen molar-refractivity contribution in [1.82, 2.24) is 24.6 Å². The van der Waals surface area contributed by atoms with Gasteiger partial charge in [-0.15, -0.1) is 0 Å². The van der Waals surface area contributed by atoms with Gasteiger partial charge < -0.3 is 4.90 Å². The summed E-state index contributed by atoms with van der Waals surface area (Å²) >= 11 is 1.58. The van der Waals surface area contributed by atoms with E-state index in [0.29, 0.717) is 16.2 Å². The molecule has 2 aromatic heterocycles. The zero-order valence-electron chi connectivity index (χ0n) is 14.3. The highest BCUT2D eigenvalue weighted by Gasteiger charge is 2.15. The van der Waals surface area contributed by atoms with Crippen LogP contribution in [0.3, 0.4) is 0 Å². The summed E-state index contributed by atoms with van der Waals surface area (Å²) in [6, 6.07) is 6.03. The van der Waals surface area contributed by atoms with Crippen LogP contribution in [0.2, 0.25) is 0 Å². The molecule has 0 bridgehead atoms. The summed E-state index contributed by atoms with van der Waals surface area (Å²) < 4.78 is 1.69. The van der Waals surface area contributed by atoms with E-state index in [1.807, 2.05) is 39.2 Å². The molecule has 0 saturated carbocycles. The third kappa shape index (κ3) is 3.22.